The molecule has 1 saturated heterocycles. The summed E-state index contributed by atoms with van der Waals surface area (Å²) in [6.45, 7) is 11.4. The Morgan fingerprint density at radius 1 is 1.15 bits per heavy atom. The van der Waals surface area contributed by atoms with Crippen molar-refractivity contribution in [3.8, 4) is 0 Å². The first-order valence-electron chi connectivity index (χ1n) is 11.8. The average Bonchev–Trinajstić information content (AvgIpc) is 3.19. The van der Waals surface area contributed by atoms with Crippen LogP contribution in [0.15, 0.2) is 24.3 Å². The molecular formula is C25H35N3O5S. The van der Waals surface area contributed by atoms with Crippen LogP contribution >= 0.6 is 11.8 Å². The van der Waals surface area contributed by atoms with E-state index >= 15 is 0 Å². The van der Waals surface area contributed by atoms with Gasteiger partial charge in [0.2, 0.25) is 11.8 Å². The number of thioether (sulfide) groups is 1. The summed E-state index contributed by atoms with van der Waals surface area (Å²) in [6, 6.07) is 4.67. The molecule has 0 bridgehead atoms. The second-order valence-electron chi connectivity index (χ2n) is 10.2. The summed E-state index contributed by atoms with van der Waals surface area (Å²) in [7, 11) is 0. The molecule has 9 heteroatoms. The zero-order valence-electron chi connectivity index (χ0n) is 20.6. The van der Waals surface area contributed by atoms with Crippen molar-refractivity contribution < 1.29 is 24.3 Å². The van der Waals surface area contributed by atoms with Crippen LogP contribution in [0, 0.1) is 11.8 Å². The molecule has 1 fully saturated rings. The molecule has 3 rings (SSSR count). The Labute approximate surface area is 205 Å². The lowest BCUT2D eigenvalue weighted by molar-refractivity contribution is -0.144. The fourth-order valence-electron chi connectivity index (χ4n) is 4.70. The van der Waals surface area contributed by atoms with Crippen LogP contribution in [0.5, 0.6) is 0 Å². The van der Waals surface area contributed by atoms with Gasteiger partial charge in [0.25, 0.3) is 5.91 Å². The quantitative estimate of drug-likeness (QED) is 0.491. The van der Waals surface area contributed by atoms with Crippen molar-refractivity contribution >= 4 is 35.5 Å². The maximum Gasteiger partial charge on any atom is 0.326 e. The zero-order valence-corrected chi connectivity index (χ0v) is 21.4. The van der Waals surface area contributed by atoms with E-state index < -0.39 is 40.7 Å². The number of rotatable bonds is 9. The standard InChI is InChI=1S/C25H35N3O5S/c1-7-14(4)18(24(32)33)27-20(29)17(12-13(2)3)26-21(30)19-25(5,6)34-23-16-11-9-8-10-15(16)22(31)28(19)23/h8-11,13-14,17-19,23H,7,12H2,1-6H3,(H,26,30)(H,27,29)(H,32,33)/t14-,17-,18-,19-,23+/m0/s1. The summed E-state index contributed by atoms with van der Waals surface area (Å²) in [5.74, 6) is -2.40. The largest absolute Gasteiger partial charge is 0.480 e. The number of amides is 3. The van der Waals surface area contributed by atoms with Crippen molar-refractivity contribution in [3.05, 3.63) is 35.4 Å². The third-order valence-corrected chi connectivity index (χ3v) is 8.20. The molecule has 8 nitrogen and oxygen atoms in total. The molecule has 0 unspecified atom stereocenters. The Morgan fingerprint density at radius 3 is 2.38 bits per heavy atom. The van der Waals surface area contributed by atoms with E-state index in [0.717, 1.165) is 5.56 Å². The molecule has 0 aromatic heterocycles. The first-order valence-corrected chi connectivity index (χ1v) is 12.7. The van der Waals surface area contributed by atoms with Crippen molar-refractivity contribution in [1.82, 2.24) is 15.5 Å². The van der Waals surface area contributed by atoms with E-state index in [1.807, 2.05) is 52.8 Å². The van der Waals surface area contributed by atoms with E-state index in [4.69, 9.17) is 0 Å². The highest BCUT2D eigenvalue weighted by molar-refractivity contribution is 8.01. The van der Waals surface area contributed by atoms with Gasteiger partial charge in [-0.2, -0.15) is 0 Å². The number of carboxylic acid groups (broad SMARTS) is 1. The van der Waals surface area contributed by atoms with E-state index in [1.165, 1.54) is 0 Å². The highest BCUT2D eigenvalue weighted by Gasteiger charge is 2.57. The normalized spacial score (nSPS) is 23.1. The lowest BCUT2D eigenvalue weighted by Crippen LogP contribution is -2.59. The summed E-state index contributed by atoms with van der Waals surface area (Å²) in [5.41, 5.74) is 1.50. The lowest BCUT2D eigenvalue weighted by Gasteiger charge is -2.32. The highest BCUT2D eigenvalue weighted by Crippen LogP contribution is 2.56. The van der Waals surface area contributed by atoms with Crippen molar-refractivity contribution in [1.29, 1.82) is 0 Å². The van der Waals surface area contributed by atoms with Crippen molar-refractivity contribution in [2.45, 2.75) is 82.6 Å². The SMILES string of the molecule is CC[C@H](C)[C@H](NC(=O)[C@H](CC(C)C)NC(=O)[C@@H]1N2C(=O)c3ccccc3[C@H]2SC1(C)C)C(=O)O. The van der Waals surface area contributed by atoms with Gasteiger partial charge in [0.15, 0.2) is 0 Å². The predicted molar refractivity (Wildman–Crippen MR) is 131 cm³/mol. The van der Waals surface area contributed by atoms with Gasteiger partial charge in [-0.1, -0.05) is 52.3 Å². The number of fused-ring (bicyclic) bond motifs is 3. The van der Waals surface area contributed by atoms with Crippen LogP contribution in [0.25, 0.3) is 0 Å². The molecule has 0 radical (unpaired) electrons. The molecule has 3 amide bonds. The third-order valence-electron chi connectivity index (χ3n) is 6.66. The molecule has 2 aliphatic rings. The second kappa shape index (κ2) is 9.98. The first-order chi connectivity index (χ1) is 15.9. The van der Waals surface area contributed by atoms with Crippen LogP contribution in [0.3, 0.4) is 0 Å². The van der Waals surface area contributed by atoms with Crippen LogP contribution in [0.4, 0.5) is 0 Å². The fourth-order valence-corrected chi connectivity index (χ4v) is 6.28. The average molecular weight is 490 g/mol. The number of carboxylic acids is 1. The Hall–Kier alpha value is -2.55. The molecular weight excluding hydrogens is 454 g/mol. The van der Waals surface area contributed by atoms with Gasteiger partial charge in [-0.25, -0.2) is 4.79 Å². The van der Waals surface area contributed by atoms with E-state index in [1.54, 1.807) is 29.7 Å². The monoisotopic (exact) mass is 489 g/mol. The van der Waals surface area contributed by atoms with Gasteiger partial charge < -0.3 is 20.6 Å². The molecule has 2 heterocycles. The molecule has 0 aliphatic carbocycles. The fraction of sp³-hybridized carbons (Fsp3) is 0.600. The molecule has 1 aromatic rings. The van der Waals surface area contributed by atoms with Crippen LogP contribution in [0.2, 0.25) is 0 Å². The van der Waals surface area contributed by atoms with Crippen LogP contribution in [-0.4, -0.2) is 56.6 Å². The lowest BCUT2D eigenvalue weighted by atomic mass is 9.96. The van der Waals surface area contributed by atoms with E-state index in [2.05, 4.69) is 10.6 Å². The number of nitrogens with one attached hydrogen (secondary N) is 2. The molecule has 3 N–H and O–H groups in total. The number of hydrogen-bond donors (Lipinski definition) is 3. The summed E-state index contributed by atoms with van der Waals surface area (Å²) in [5, 5.41) is 14.8. The smallest absolute Gasteiger partial charge is 0.326 e. The minimum absolute atomic E-state index is 0.0827. The van der Waals surface area contributed by atoms with E-state index in [9.17, 15) is 24.3 Å². The minimum atomic E-state index is -1.10. The number of aliphatic carboxylic acids is 1. The Balaban J connectivity index is 1.83. The van der Waals surface area contributed by atoms with Crippen LogP contribution in [0.1, 0.15) is 75.7 Å². The molecule has 34 heavy (non-hydrogen) atoms. The van der Waals surface area contributed by atoms with Gasteiger partial charge in [0.05, 0.1) is 0 Å². The summed E-state index contributed by atoms with van der Waals surface area (Å²) < 4.78 is -0.572. The summed E-state index contributed by atoms with van der Waals surface area (Å²) >= 11 is 1.56. The number of benzene rings is 1. The van der Waals surface area contributed by atoms with Crippen LogP contribution < -0.4 is 10.6 Å². The van der Waals surface area contributed by atoms with Gasteiger partial charge in [0.1, 0.15) is 23.5 Å². The van der Waals surface area contributed by atoms with Crippen molar-refractivity contribution in [2.75, 3.05) is 0 Å². The molecule has 5 atom stereocenters. The number of hydrogen-bond acceptors (Lipinski definition) is 5. The Morgan fingerprint density at radius 2 is 1.79 bits per heavy atom. The van der Waals surface area contributed by atoms with Gasteiger partial charge in [-0.3, -0.25) is 14.4 Å². The maximum atomic E-state index is 13.6. The van der Waals surface area contributed by atoms with Gasteiger partial charge in [-0.15, -0.1) is 11.8 Å². The van der Waals surface area contributed by atoms with Gasteiger partial charge in [-0.05, 0) is 43.7 Å². The Kier molecular flexibility index (Phi) is 7.65. The molecule has 186 valence electrons. The zero-order chi connectivity index (χ0) is 25.4. The highest BCUT2D eigenvalue weighted by atomic mass is 32.2. The topological polar surface area (TPSA) is 116 Å². The Bertz CT molecular complexity index is 979. The van der Waals surface area contributed by atoms with Crippen molar-refractivity contribution in [3.63, 3.8) is 0 Å². The van der Waals surface area contributed by atoms with Gasteiger partial charge >= 0.3 is 5.97 Å². The minimum Gasteiger partial charge on any atom is -0.480 e. The predicted octanol–water partition coefficient (Wildman–Crippen LogP) is 3.18. The summed E-state index contributed by atoms with van der Waals surface area (Å²) in [6.07, 6.45) is 0.938. The first kappa shape index (κ1) is 26.1. The molecule has 0 spiro atoms. The molecule has 0 saturated carbocycles. The maximum absolute atomic E-state index is 13.6. The number of nitrogens with zero attached hydrogens (tertiary/aromatic N) is 1. The number of carbonyl (C=O) groups is 4. The third kappa shape index (κ3) is 4.94. The van der Waals surface area contributed by atoms with E-state index in [0.29, 0.717) is 18.4 Å². The second-order valence-corrected chi connectivity index (χ2v) is 11.9. The van der Waals surface area contributed by atoms with Gasteiger partial charge in [0, 0.05) is 10.3 Å². The van der Waals surface area contributed by atoms with Crippen LogP contribution in [-0.2, 0) is 14.4 Å². The summed E-state index contributed by atoms with van der Waals surface area (Å²) in [4.78, 5) is 53.2. The van der Waals surface area contributed by atoms with E-state index in [-0.39, 0.29) is 23.1 Å². The molecule has 2 aliphatic heterocycles. The molecule has 1 aromatic carbocycles. The number of carbonyl (C=O) groups excluding carboxylic acids is 3. The van der Waals surface area contributed by atoms with Crippen molar-refractivity contribution in [2.24, 2.45) is 11.8 Å².